The molecule has 1 amide bonds. The number of anilines is 1. The minimum absolute atomic E-state index is 0.122. The van der Waals surface area contributed by atoms with Crippen molar-refractivity contribution in [3.8, 4) is 5.75 Å². The maximum Gasteiger partial charge on any atom is 0.344 e. The molecule has 5 nitrogen and oxygen atoms in total. The van der Waals surface area contributed by atoms with Crippen molar-refractivity contribution in [2.45, 2.75) is 39.7 Å². The first-order valence-electron chi connectivity index (χ1n) is 8.85. The summed E-state index contributed by atoms with van der Waals surface area (Å²) in [6.45, 7) is 5.67. The van der Waals surface area contributed by atoms with Gasteiger partial charge in [0.1, 0.15) is 5.75 Å². The molecule has 0 fully saturated rings. The van der Waals surface area contributed by atoms with E-state index in [2.05, 4.69) is 5.32 Å². The molecular weight excluding hydrogens is 330 g/mol. The first kappa shape index (κ1) is 19.5. The molecule has 0 spiro atoms. The highest BCUT2D eigenvalue weighted by Crippen LogP contribution is 2.18. The zero-order valence-electron chi connectivity index (χ0n) is 15.5. The van der Waals surface area contributed by atoms with Crippen molar-refractivity contribution in [3.05, 3.63) is 59.7 Å². The standard InChI is InChI=1S/C21H25NO4/c1-4-15(3)26-20(23)14-25-18-12-10-17(11-13-18)21(24)22-19-9-7-6-8-16(19)5-2/h6-13,15H,4-5,14H2,1-3H3,(H,22,24). The van der Waals surface area contributed by atoms with Gasteiger partial charge in [-0.2, -0.15) is 0 Å². The highest BCUT2D eigenvalue weighted by molar-refractivity contribution is 6.04. The van der Waals surface area contributed by atoms with Gasteiger partial charge >= 0.3 is 5.97 Å². The summed E-state index contributed by atoms with van der Waals surface area (Å²) in [6.07, 6.45) is 1.48. The van der Waals surface area contributed by atoms with Gasteiger partial charge in [-0.3, -0.25) is 4.79 Å². The molecule has 2 rings (SSSR count). The SMILES string of the molecule is CCc1ccccc1NC(=O)c1ccc(OCC(=O)OC(C)CC)cc1. The van der Waals surface area contributed by atoms with Gasteiger partial charge in [-0.1, -0.05) is 32.0 Å². The molecule has 138 valence electrons. The fourth-order valence-corrected chi connectivity index (χ4v) is 2.33. The quantitative estimate of drug-likeness (QED) is 0.720. The van der Waals surface area contributed by atoms with Crippen LogP contribution >= 0.6 is 0 Å². The molecule has 1 unspecified atom stereocenters. The van der Waals surface area contributed by atoms with Gasteiger partial charge in [0.05, 0.1) is 6.10 Å². The van der Waals surface area contributed by atoms with E-state index in [4.69, 9.17) is 9.47 Å². The lowest BCUT2D eigenvalue weighted by molar-refractivity contribution is -0.150. The van der Waals surface area contributed by atoms with Crippen LogP contribution in [0.3, 0.4) is 0 Å². The lowest BCUT2D eigenvalue weighted by atomic mass is 10.1. The minimum Gasteiger partial charge on any atom is -0.482 e. The Morgan fingerprint density at radius 2 is 1.73 bits per heavy atom. The van der Waals surface area contributed by atoms with Crippen LogP contribution in [-0.2, 0) is 16.0 Å². The van der Waals surface area contributed by atoms with E-state index in [0.717, 1.165) is 24.1 Å². The van der Waals surface area contributed by atoms with Crippen molar-refractivity contribution in [2.75, 3.05) is 11.9 Å². The summed E-state index contributed by atoms with van der Waals surface area (Å²) in [4.78, 5) is 24.0. The number of para-hydroxylation sites is 1. The Morgan fingerprint density at radius 3 is 2.38 bits per heavy atom. The van der Waals surface area contributed by atoms with Crippen molar-refractivity contribution in [3.63, 3.8) is 0 Å². The van der Waals surface area contributed by atoms with E-state index in [1.165, 1.54) is 0 Å². The summed E-state index contributed by atoms with van der Waals surface area (Å²) in [5, 5.41) is 2.92. The predicted octanol–water partition coefficient (Wildman–Crippen LogP) is 4.22. The molecule has 0 radical (unpaired) electrons. The molecule has 0 heterocycles. The molecule has 0 aliphatic heterocycles. The normalized spacial score (nSPS) is 11.5. The topological polar surface area (TPSA) is 64.6 Å². The third kappa shape index (κ3) is 5.62. The van der Waals surface area contributed by atoms with Crippen LogP contribution in [0.1, 0.15) is 43.1 Å². The molecule has 2 aromatic rings. The van der Waals surface area contributed by atoms with Crippen molar-refractivity contribution in [2.24, 2.45) is 0 Å². The highest BCUT2D eigenvalue weighted by Gasteiger charge is 2.10. The van der Waals surface area contributed by atoms with Gasteiger partial charge in [0.25, 0.3) is 5.91 Å². The van der Waals surface area contributed by atoms with E-state index < -0.39 is 5.97 Å². The Kier molecular flexibility index (Phi) is 7.21. The number of rotatable bonds is 8. The van der Waals surface area contributed by atoms with E-state index >= 15 is 0 Å². The van der Waals surface area contributed by atoms with E-state index in [0.29, 0.717) is 11.3 Å². The highest BCUT2D eigenvalue weighted by atomic mass is 16.6. The summed E-state index contributed by atoms with van der Waals surface area (Å²) >= 11 is 0. The number of aryl methyl sites for hydroxylation is 1. The van der Waals surface area contributed by atoms with Crippen LogP contribution in [0.5, 0.6) is 5.75 Å². The maximum absolute atomic E-state index is 12.4. The molecule has 5 heteroatoms. The second-order valence-electron chi connectivity index (χ2n) is 5.99. The number of benzene rings is 2. The zero-order chi connectivity index (χ0) is 18.9. The number of hydrogen-bond donors (Lipinski definition) is 1. The monoisotopic (exact) mass is 355 g/mol. The maximum atomic E-state index is 12.4. The van der Waals surface area contributed by atoms with Crippen LogP contribution in [0.15, 0.2) is 48.5 Å². The van der Waals surface area contributed by atoms with Gasteiger partial charge in [-0.15, -0.1) is 0 Å². The average molecular weight is 355 g/mol. The van der Waals surface area contributed by atoms with E-state index in [1.54, 1.807) is 24.3 Å². The van der Waals surface area contributed by atoms with Crippen LogP contribution < -0.4 is 10.1 Å². The molecule has 26 heavy (non-hydrogen) atoms. The van der Waals surface area contributed by atoms with Crippen LogP contribution in [-0.4, -0.2) is 24.6 Å². The van der Waals surface area contributed by atoms with Gasteiger partial charge in [-0.05, 0) is 55.7 Å². The van der Waals surface area contributed by atoms with Gasteiger partial charge in [0.2, 0.25) is 0 Å². The minimum atomic E-state index is -0.405. The molecule has 0 aliphatic carbocycles. The van der Waals surface area contributed by atoms with Crippen LogP contribution in [0, 0.1) is 0 Å². The van der Waals surface area contributed by atoms with Gasteiger partial charge in [-0.25, -0.2) is 4.79 Å². The fourth-order valence-electron chi connectivity index (χ4n) is 2.33. The third-order valence-electron chi connectivity index (χ3n) is 4.03. The molecular formula is C21H25NO4. The Labute approximate surface area is 154 Å². The lowest BCUT2D eigenvalue weighted by Gasteiger charge is -2.12. The number of amides is 1. The first-order chi connectivity index (χ1) is 12.5. The molecule has 1 N–H and O–H groups in total. The molecule has 1 atom stereocenters. The Morgan fingerprint density at radius 1 is 1.04 bits per heavy atom. The third-order valence-corrected chi connectivity index (χ3v) is 4.03. The van der Waals surface area contributed by atoms with Crippen molar-refractivity contribution in [1.29, 1.82) is 0 Å². The number of nitrogens with one attached hydrogen (secondary N) is 1. The number of hydrogen-bond acceptors (Lipinski definition) is 4. The Balaban J connectivity index is 1.92. The van der Waals surface area contributed by atoms with Crippen LogP contribution in [0.4, 0.5) is 5.69 Å². The Hall–Kier alpha value is -2.82. The second-order valence-corrected chi connectivity index (χ2v) is 5.99. The summed E-state index contributed by atoms with van der Waals surface area (Å²) in [6, 6.07) is 14.4. The molecule has 0 aliphatic rings. The molecule has 0 saturated carbocycles. The van der Waals surface area contributed by atoms with Crippen molar-refractivity contribution < 1.29 is 19.1 Å². The number of ether oxygens (including phenoxy) is 2. The van der Waals surface area contributed by atoms with E-state index in [1.807, 2.05) is 45.0 Å². The van der Waals surface area contributed by atoms with Crippen molar-refractivity contribution in [1.82, 2.24) is 0 Å². The summed E-state index contributed by atoms with van der Waals surface area (Å²) in [5.74, 6) is -0.0809. The van der Waals surface area contributed by atoms with Crippen LogP contribution in [0.2, 0.25) is 0 Å². The largest absolute Gasteiger partial charge is 0.482 e. The number of carbonyl (C=O) groups is 2. The van der Waals surface area contributed by atoms with Crippen LogP contribution in [0.25, 0.3) is 0 Å². The summed E-state index contributed by atoms with van der Waals surface area (Å²) in [7, 11) is 0. The summed E-state index contributed by atoms with van der Waals surface area (Å²) < 4.78 is 10.5. The van der Waals surface area contributed by atoms with Gasteiger partial charge in [0.15, 0.2) is 6.61 Å². The smallest absolute Gasteiger partial charge is 0.344 e. The lowest BCUT2D eigenvalue weighted by Crippen LogP contribution is -2.20. The number of carbonyl (C=O) groups excluding carboxylic acids is 2. The van der Waals surface area contributed by atoms with Gasteiger partial charge in [0, 0.05) is 11.3 Å². The molecule has 0 bridgehead atoms. The zero-order valence-corrected chi connectivity index (χ0v) is 15.5. The fraction of sp³-hybridized carbons (Fsp3) is 0.333. The Bertz CT molecular complexity index is 740. The summed E-state index contributed by atoms with van der Waals surface area (Å²) in [5.41, 5.74) is 2.42. The first-order valence-corrected chi connectivity index (χ1v) is 8.85. The van der Waals surface area contributed by atoms with Gasteiger partial charge < -0.3 is 14.8 Å². The molecule has 0 aromatic heterocycles. The number of esters is 1. The van der Waals surface area contributed by atoms with E-state index in [-0.39, 0.29) is 18.6 Å². The van der Waals surface area contributed by atoms with E-state index in [9.17, 15) is 9.59 Å². The second kappa shape index (κ2) is 9.61. The average Bonchev–Trinajstić information content (AvgIpc) is 2.67. The molecule has 0 saturated heterocycles. The predicted molar refractivity (Wildman–Crippen MR) is 102 cm³/mol. The van der Waals surface area contributed by atoms with Crippen molar-refractivity contribution >= 4 is 17.6 Å². The molecule has 2 aromatic carbocycles.